The van der Waals surface area contributed by atoms with Crippen molar-refractivity contribution in [3.8, 4) is 0 Å². The number of hydrogen-bond donors (Lipinski definition) is 1. The monoisotopic (exact) mass is 287 g/mol. The van der Waals surface area contributed by atoms with Gasteiger partial charge < -0.3 is 10.1 Å². The second-order valence-electron chi connectivity index (χ2n) is 4.69. The van der Waals surface area contributed by atoms with Crippen LogP contribution in [-0.2, 0) is 4.74 Å². The summed E-state index contributed by atoms with van der Waals surface area (Å²) in [5.74, 6) is 0. The van der Waals surface area contributed by atoms with E-state index < -0.39 is 0 Å². The Morgan fingerprint density at radius 2 is 2.11 bits per heavy atom. The molecule has 2 unspecified atom stereocenters. The van der Waals surface area contributed by atoms with Crippen LogP contribution in [0, 0.1) is 0 Å². The molecule has 1 fully saturated rings. The highest BCUT2D eigenvalue weighted by molar-refractivity contribution is 6.36. The second kappa shape index (κ2) is 6.76. The van der Waals surface area contributed by atoms with Crippen LogP contribution in [0.5, 0.6) is 0 Å². The van der Waals surface area contributed by atoms with E-state index in [1.165, 1.54) is 12.8 Å². The van der Waals surface area contributed by atoms with Crippen LogP contribution in [-0.4, -0.2) is 19.8 Å². The number of halogens is 2. The molecule has 1 aromatic rings. The van der Waals surface area contributed by atoms with Crippen molar-refractivity contribution in [3.05, 3.63) is 33.8 Å². The van der Waals surface area contributed by atoms with E-state index in [0.29, 0.717) is 6.10 Å². The summed E-state index contributed by atoms with van der Waals surface area (Å²) in [6, 6.07) is 5.84. The molecule has 1 heterocycles. The minimum Gasteiger partial charge on any atom is -0.378 e. The lowest BCUT2D eigenvalue weighted by Crippen LogP contribution is -2.19. The van der Waals surface area contributed by atoms with Gasteiger partial charge in [-0.2, -0.15) is 0 Å². The summed E-state index contributed by atoms with van der Waals surface area (Å²) in [5, 5.41) is 4.76. The maximum Gasteiger partial charge on any atom is 0.0576 e. The average molecular weight is 288 g/mol. The van der Waals surface area contributed by atoms with Crippen LogP contribution in [0.25, 0.3) is 0 Å². The van der Waals surface area contributed by atoms with Gasteiger partial charge >= 0.3 is 0 Å². The van der Waals surface area contributed by atoms with Crippen molar-refractivity contribution < 1.29 is 4.74 Å². The van der Waals surface area contributed by atoms with Crippen molar-refractivity contribution >= 4 is 23.2 Å². The molecular formula is C14H19Cl2NO. The molecule has 0 amide bonds. The molecule has 0 aromatic heterocycles. The molecule has 18 heavy (non-hydrogen) atoms. The molecule has 1 aromatic carbocycles. The fourth-order valence-corrected chi connectivity index (χ4v) is 3.16. The van der Waals surface area contributed by atoms with Crippen LogP contribution in [0.1, 0.15) is 37.3 Å². The second-order valence-corrected chi connectivity index (χ2v) is 5.50. The van der Waals surface area contributed by atoms with Gasteiger partial charge in [0.05, 0.1) is 6.10 Å². The first-order valence-electron chi connectivity index (χ1n) is 6.45. The van der Waals surface area contributed by atoms with E-state index in [-0.39, 0.29) is 6.04 Å². The first-order valence-corrected chi connectivity index (χ1v) is 7.20. The first-order chi connectivity index (χ1) is 8.72. The molecule has 2 rings (SSSR count). The molecule has 0 radical (unpaired) electrons. The molecular weight excluding hydrogens is 269 g/mol. The van der Waals surface area contributed by atoms with Gasteiger partial charge in [0, 0.05) is 28.3 Å². The SMILES string of the molecule is CNC(CCC1CCCO1)c1c(Cl)cccc1Cl. The third kappa shape index (κ3) is 3.39. The van der Waals surface area contributed by atoms with E-state index in [9.17, 15) is 0 Å². The smallest absolute Gasteiger partial charge is 0.0576 e. The Morgan fingerprint density at radius 3 is 2.67 bits per heavy atom. The summed E-state index contributed by atoms with van der Waals surface area (Å²) < 4.78 is 5.65. The molecule has 1 aliphatic heterocycles. The van der Waals surface area contributed by atoms with E-state index in [0.717, 1.165) is 35.1 Å². The summed E-state index contributed by atoms with van der Waals surface area (Å²) in [7, 11) is 1.94. The van der Waals surface area contributed by atoms with Crippen molar-refractivity contribution in [1.82, 2.24) is 5.32 Å². The predicted molar refractivity (Wildman–Crippen MR) is 76.5 cm³/mol. The highest BCUT2D eigenvalue weighted by atomic mass is 35.5. The van der Waals surface area contributed by atoms with Crippen LogP contribution in [0.4, 0.5) is 0 Å². The molecule has 100 valence electrons. The number of nitrogens with one attached hydrogen (secondary N) is 1. The molecule has 0 saturated carbocycles. The average Bonchev–Trinajstić information content (AvgIpc) is 2.86. The normalized spacial score (nSPS) is 21.2. The zero-order valence-corrected chi connectivity index (χ0v) is 12.1. The molecule has 2 atom stereocenters. The quantitative estimate of drug-likeness (QED) is 0.876. The lowest BCUT2D eigenvalue weighted by molar-refractivity contribution is 0.0998. The van der Waals surface area contributed by atoms with Crippen molar-refractivity contribution in [2.45, 2.75) is 37.8 Å². The summed E-state index contributed by atoms with van der Waals surface area (Å²) >= 11 is 12.5. The Morgan fingerprint density at radius 1 is 1.39 bits per heavy atom. The molecule has 0 bridgehead atoms. The van der Waals surface area contributed by atoms with E-state index in [4.69, 9.17) is 27.9 Å². The van der Waals surface area contributed by atoms with Gasteiger partial charge in [-0.05, 0) is 44.9 Å². The number of rotatable bonds is 5. The lowest BCUT2D eigenvalue weighted by Gasteiger charge is -2.21. The first kappa shape index (κ1) is 14.1. The topological polar surface area (TPSA) is 21.3 Å². The Kier molecular flexibility index (Phi) is 5.31. The molecule has 1 saturated heterocycles. The van der Waals surface area contributed by atoms with Gasteiger partial charge in [-0.25, -0.2) is 0 Å². The fraction of sp³-hybridized carbons (Fsp3) is 0.571. The Hall–Kier alpha value is -0.280. The summed E-state index contributed by atoms with van der Waals surface area (Å²) in [5.41, 5.74) is 1.00. The van der Waals surface area contributed by atoms with Gasteiger partial charge in [0.2, 0.25) is 0 Å². The van der Waals surface area contributed by atoms with Crippen LogP contribution >= 0.6 is 23.2 Å². The van der Waals surface area contributed by atoms with Crippen molar-refractivity contribution in [2.24, 2.45) is 0 Å². The number of ether oxygens (including phenoxy) is 1. The molecule has 1 N–H and O–H groups in total. The van der Waals surface area contributed by atoms with E-state index >= 15 is 0 Å². The van der Waals surface area contributed by atoms with Crippen LogP contribution in [0.15, 0.2) is 18.2 Å². The van der Waals surface area contributed by atoms with Gasteiger partial charge in [-0.15, -0.1) is 0 Å². The van der Waals surface area contributed by atoms with Crippen molar-refractivity contribution in [2.75, 3.05) is 13.7 Å². The largest absolute Gasteiger partial charge is 0.378 e. The van der Waals surface area contributed by atoms with Gasteiger partial charge in [-0.3, -0.25) is 0 Å². The zero-order valence-electron chi connectivity index (χ0n) is 10.6. The number of hydrogen-bond acceptors (Lipinski definition) is 2. The van der Waals surface area contributed by atoms with Gasteiger partial charge in [0.15, 0.2) is 0 Å². The van der Waals surface area contributed by atoms with Crippen LogP contribution in [0.3, 0.4) is 0 Å². The Bertz CT molecular complexity index is 371. The predicted octanol–water partition coefficient (Wildman–Crippen LogP) is 4.21. The summed E-state index contributed by atoms with van der Waals surface area (Å²) in [4.78, 5) is 0. The Labute approximate surface area is 119 Å². The molecule has 0 spiro atoms. The van der Waals surface area contributed by atoms with E-state index in [2.05, 4.69) is 5.32 Å². The minimum atomic E-state index is 0.190. The van der Waals surface area contributed by atoms with E-state index in [1.54, 1.807) is 0 Å². The molecule has 2 nitrogen and oxygen atoms in total. The third-order valence-electron chi connectivity index (χ3n) is 3.50. The third-order valence-corrected chi connectivity index (χ3v) is 4.16. The van der Waals surface area contributed by atoms with E-state index in [1.807, 2.05) is 25.2 Å². The maximum absolute atomic E-state index is 6.24. The van der Waals surface area contributed by atoms with Gasteiger partial charge in [0.25, 0.3) is 0 Å². The van der Waals surface area contributed by atoms with Crippen molar-refractivity contribution in [3.63, 3.8) is 0 Å². The fourth-order valence-electron chi connectivity index (χ4n) is 2.50. The van der Waals surface area contributed by atoms with Gasteiger partial charge in [0.1, 0.15) is 0 Å². The zero-order chi connectivity index (χ0) is 13.0. The lowest BCUT2D eigenvalue weighted by atomic mass is 9.99. The highest BCUT2D eigenvalue weighted by Crippen LogP contribution is 2.33. The van der Waals surface area contributed by atoms with Crippen LogP contribution < -0.4 is 5.32 Å². The van der Waals surface area contributed by atoms with Gasteiger partial charge in [-0.1, -0.05) is 29.3 Å². The molecule has 1 aliphatic rings. The minimum absolute atomic E-state index is 0.190. The van der Waals surface area contributed by atoms with Crippen molar-refractivity contribution in [1.29, 1.82) is 0 Å². The summed E-state index contributed by atoms with van der Waals surface area (Å²) in [6.45, 7) is 0.905. The standard InChI is InChI=1S/C14H19Cl2NO/c1-17-13(8-7-10-4-3-9-18-10)14-11(15)5-2-6-12(14)16/h2,5-6,10,13,17H,3-4,7-9H2,1H3. The van der Waals surface area contributed by atoms with Crippen LogP contribution in [0.2, 0.25) is 10.0 Å². The maximum atomic E-state index is 6.24. The molecule has 0 aliphatic carbocycles. The molecule has 4 heteroatoms. The highest BCUT2D eigenvalue weighted by Gasteiger charge is 2.20. The summed E-state index contributed by atoms with van der Waals surface area (Å²) in [6.07, 6.45) is 4.80. The number of benzene rings is 1. The Balaban J connectivity index is 2.03.